The van der Waals surface area contributed by atoms with Crippen molar-refractivity contribution in [2.24, 2.45) is 0 Å². The molecule has 0 aliphatic heterocycles. The third-order valence-electron chi connectivity index (χ3n) is 1.07. The van der Waals surface area contributed by atoms with Crippen LogP contribution < -0.4 is 0 Å². The van der Waals surface area contributed by atoms with E-state index in [0.29, 0.717) is 0 Å². The number of hydrogen-bond acceptors (Lipinski definition) is 6. The van der Waals surface area contributed by atoms with Gasteiger partial charge in [-0.2, -0.15) is 0 Å². The first-order valence-corrected chi connectivity index (χ1v) is 7.87. The predicted molar refractivity (Wildman–Crippen MR) is 51.5 cm³/mol. The molecule has 7 heteroatoms. The fourth-order valence-electron chi connectivity index (χ4n) is 0.652. The van der Waals surface area contributed by atoms with E-state index in [1.54, 1.807) is 41.5 Å². The molecule has 0 aliphatic carbocycles. The summed E-state index contributed by atoms with van der Waals surface area (Å²) in [5, 5.41) is 0. The fourth-order valence-corrected chi connectivity index (χ4v) is 2.69. The maximum absolute atomic E-state index is 12.0. The molecule has 0 N–H and O–H groups in total. The van der Waals surface area contributed by atoms with Crippen molar-refractivity contribution in [2.45, 2.75) is 59.9 Å². The molecule has 0 atom stereocenters. The monoisotopic (exact) mass is 273 g/mol. The van der Waals surface area contributed by atoms with Gasteiger partial charge in [0.25, 0.3) is 0 Å². The Bertz CT molecular complexity index is 212. The zero-order valence-corrected chi connectivity index (χ0v) is 12.2. The van der Waals surface area contributed by atoms with E-state index in [1.165, 1.54) is 0 Å². The normalized spacial score (nSPS) is 13.1. The van der Waals surface area contributed by atoms with Gasteiger partial charge in [0.15, 0.2) is 0 Å². The Morgan fingerprint density at radius 1 is 0.750 bits per heavy atom. The molecule has 16 heavy (non-hydrogen) atoms. The van der Waals surface area contributed by atoms with Gasteiger partial charge in [0.05, 0.1) is 0 Å². The summed E-state index contributed by atoms with van der Waals surface area (Å²) in [4.78, 5) is 9.56. The van der Waals surface area contributed by atoms with E-state index in [2.05, 4.69) is 0 Å². The van der Waals surface area contributed by atoms with Crippen molar-refractivity contribution in [3.05, 3.63) is 0 Å². The van der Waals surface area contributed by atoms with Gasteiger partial charge in [0.2, 0.25) is 0 Å². The molecule has 6 nitrogen and oxygen atoms in total. The SMILES string of the molecule is CC(C)O[O][Ti](=[O])([O]OC(C)C)[O]C(C)C. The van der Waals surface area contributed by atoms with Crippen LogP contribution in [0.5, 0.6) is 0 Å². The maximum atomic E-state index is 12.0. The Morgan fingerprint density at radius 2 is 1.12 bits per heavy atom. The van der Waals surface area contributed by atoms with Gasteiger partial charge in [-0.05, 0) is 0 Å². The van der Waals surface area contributed by atoms with Crippen LogP contribution in [0.1, 0.15) is 41.5 Å². The molecule has 0 aromatic heterocycles. The summed E-state index contributed by atoms with van der Waals surface area (Å²) in [6.07, 6.45) is -0.779. The Morgan fingerprint density at radius 3 is 1.38 bits per heavy atom. The number of rotatable bonds is 8. The van der Waals surface area contributed by atoms with E-state index in [1.807, 2.05) is 0 Å². The molecule has 0 heterocycles. The summed E-state index contributed by atoms with van der Waals surface area (Å²) in [7, 11) is 0. The first kappa shape index (κ1) is 16.3. The van der Waals surface area contributed by atoms with Gasteiger partial charge in [-0.3, -0.25) is 0 Å². The van der Waals surface area contributed by atoms with Crippen LogP contribution in [0.25, 0.3) is 0 Å². The van der Waals surface area contributed by atoms with Gasteiger partial charge in [0, 0.05) is 0 Å². The third-order valence-corrected chi connectivity index (χ3v) is 3.19. The van der Waals surface area contributed by atoms with Crippen LogP contribution in [0.3, 0.4) is 0 Å². The summed E-state index contributed by atoms with van der Waals surface area (Å²) >= 11 is -4.67. The molecule has 0 aromatic carbocycles. The van der Waals surface area contributed by atoms with E-state index in [0.717, 1.165) is 0 Å². The molecule has 0 unspecified atom stereocenters. The van der Waals surface area contributed by atoms with Crippen molar-refractivity contribution >= 4 is 0 Å². The minimum absolute atomic E-state index is 0.239. The van der Waals surface area contributed by atoms with Crippen LogP contribution in [-0.4, -0.2) is 18.3 Å². The van der Waals surface area contributed by atoms with Gasteiger partial charge in [-0.25, -0.2) is 0 Å². The molecule has 0 rings (SSSR count). The summed E-state index contributed by atoms with van der Waals surface area (Å²) < 4.78 is 26.5. The van der Waals surface area contributed by atoms with Gasteiger partial charge in [-0.1, -0.05) is 0 Å². The Balaban J connectivity index is 4.30. The van der Waals surface area contributed by atoms with Crippen molar-refractivity contribution in [3.8, 4) is 0 Å². The predicted octanol–water partition coefficient (Wildman–Crippen LogP) is 2.37. The molecule has 0 fully saturated rings. The molecule has 0 aliphatic rings. The summed E-state index contributed by atoms with van der Waals surface area (Å²) in [5.41, 5.74) is 0. The van der Waals surface area contributed by atoms with Crippen LogP contribution >= 0.6 is 0 Å². The van der Waals surface area contributed by atoms with E-state index in [9.17, 15) is 3.32 Å². The summed E-state index contributed by atoms with van der Waals surface area (Å²) in [5.74, 6) is 0. The molecule has 0 saturated heterocycles. The average molecular weight is 273 g/mol. The zero-order chi connectivity index (χ0) is 12.8. The van der Waals surface area contributed by atoms with Gasteiger partial charge in [-0.15, -0.1) is 0 Å². The first-order valence-electron chi connectivity index (χ1n) is 5.32. The molecule has 0 amide bonds. The average Bonchev–Trinajstić information content (AvgIpc) is 2.11. The Hall–Kier alpha value is 0.314. The first-order chi connectivity index (χ1) is 7.25. The van der Waals surface area contributed by atoms with Crippen molar-refractivity contribution in [1.82, 2.24) is 0 Å². The van der Waals surface area contributed by atoms with E-state index in [-0.39, 0.29) is 18.3 Å². The molecule has 0 saturated carbocycles. The van der Waals surface area contributed by atoms with Crippen molar-refractivity contribution in [1.29, 1.82) is 0 Å². The molecular formula is C9H21O6Ti. The molecule has 0 radical (unpaired) electrons. The zero-order valence-electron chi connectivity index (χ0n) is 10.7. The third kappa shape index (κ3) is 8.46. The Kier molecular flexibility index (Phi) is 7.75. The van der Waals surface area contributed by atoms with E-state index in [4.69, 9.17) is 20.0 Å². The molecule has 0 bridgehead atoms. The van der Waals surface area contributed by atoms with Gasteiger partial charge in [0.1, 0.15) is 0 Å². The number of hydrogen-bond donors (Lipinski definition) is 0. The van der Waals surface area contributed by atoms with Crippen molar-refractivity contribution in [3.63, 3.8) is 0 Å². The minimum atomic E-state index is -4.67. The van der Waals surface area contributed by atoms with Gasteiger partial charge < -0.3 is 0 Å². The van der Waals surface area contributed by atoms with Crippen LogP contribution in [-0.2, 0) is 41.1 Å². The second kappa shape index (κ2) is 7.60. The molecule has 0 spiro atoms. The van der Waals surface area contributed by atoms with Crippen LogP contribution in [0.2, 0.25) is 0 Å². The summed E-state index contributed by atoms with van der Waals surface area (Å²) in [6.45, 7) is 10.4. The van der Waals surface area contributed by atoms with Crippen LogP contribution in [0.15, 0.2) is 0 Å². The van der Waals surface area contributed by atoms with Crippen LogP contribution in [0.4, 0.5) is 0 Å². The second-order valence-corrected chi connectivity index (χ2v) is 6.57. The van der Waals surface area contributed by atoms with Crippen LogP contribution in [0, 0.1) is 0 Å². The standard InChI is InChI=1S/2C3H8O2.C3H7O.O.Ti/c2*1-3(2)5-4;1-3(2)4;;/h2*3-4H,1-2H3;3H,1-2H3;;/q;;-1;;+3/p-2. The second-order valence-electron chi connectivity index (χ2n) is 4.12. The molecule has 97 valence electrons. The Labute approximate surface area is 101 Å². The van der Waals surface area contributed by atoms with Crippen molar-refractivity contribution in [2.75, 3.05) is 0 Å². The van der Waals surface area contributed by atoms with E-state index >= 15 is 0 Å². The topological polar surface area (TPSA) is 63.2 Å². The van der Waals surface area contributed by atoms with Crippen molar-refractivity contribution < 1.29 is 41.1 Å². The fraction of sp³-hybridized carbons (Fsp3) is 1.00. The molecular weight excluding hydrogens is 252 g/mol. The van der Waals surface area contributed by atoms with E-state index < -0.39 is 17.7 Å². The summed E-state index contributed by atoms with van der Waals surface area (Å²) in [6, 6.07) is 0. The molecule has 0 aromatic rings. The quantitative estimate of drug-likeness (QED) is 0.384. The van der Waals surface area contributed by atoms with Gasteiger partial charge >= 0.3 is 101 Å².